The predicted molar refractivity (Wildman–Crippen MR) is 75.3 cm³/mol. The van der Waals surface area contributed by atoms with E-state index in [1.165, 1.54) is 6.20 Å². The number of carbonyl (C=O) groups excluding carboxylic acids is 1. The molecular weight excluding hydrogens is 285 g/mol. The molecule has 1 heterocycles. The van der Waals surface area contributed by atoms with Crippen LogP contribution in [-0.4, -0.2) is 17.9 Å². The topological polar surface area (TPSA) is 39.2 Å². The van der Waals surface area contributed by atoms with Crippen molar-refractivity contribution in [2.24, 2.45) is 0 Å². The van der Waals surface area contributed by atoms with Crippen molar-refractivity contribution < 1.29 is 9.53 Å². The molecule has 0 bridgehead atoms. The van der Waals surface area contributed by atoms with Gasteiger partial charge in [0.05, 0.1) is 12.1 Å². The van der Waals surface area contributed by atoms with Gasteiger partial charge in [-0.05, 0) is 30.3 Å². The van der Waals surface area contributed by atoms with Crippen LogP contribution in [0, 0.1) is 0 Å². The average Bonchev–Trinajstić information content (AvgIpc) is 2.39. The van der Waals surface area contributed by atoms with Crippen LogP contribution in [0.25, 0.3) is 0 Å². The molecule has 0 aliphatic rings. The van der Waals surface area contributed by atoms with Crippen molar-refractivity contribution in [3.63, 3.8) is 0 Å². The minimum atomic E-state index is -0.175. The van der Waals surface area contributed by atoms with Gasteiger partial charge in [-0.25, -0.2) is 0 Å². The maximum Gasteiger partial charge on any atom is 0.187 e. The Morgan fingerprint density at radius 1 is 1.32 bits per heavy atom. The van der Waals surface area contributed by atoms with Gasteiger partial charge in [0, 0.05) is 23.2 Å². The van der Waals surface area contributed by atoms with E-state index in [-0.39, 0.29) is 17.9 Å². The van der Waals surface area contributed by atoms with Gasteiger partial charge in [-0.15, -0.1) is 0 Å². The van der Waals surface area contributed by atoms with Gasteiger partial charge in [-0.1, -0.05) is 23.2 Å². The molecular formula is C14H11Cl2NO2. The highest BCUT2D eigenvalue weighted by Gasteiger charge is 2.15. The first-order valence-electron chi connectivity index (χ1n) is 5.58. The molecule has 3 nitrogen and oxygen atoms in total. The zero-order valence-corrected chi connectivity index (χ0v) is 11.7. The lowest BCUT2D eigenvalue weighted by Gasteiger charge is -2.08. The van der Waals surface area contributed by atoms with Crippen molar-refractivity contribution in [1.29, 1.82) is 0 Å². The lowest BCUT2D eigenvalue weighted by Crippen LogP contribution is -2.07. The molecule has 19 heavy (non-hydrogen) atoms. The summed E-state index contributed by atoms with van der Waals surface area (Å²) in [6.07, 6.45) is 1.68. The van der Waals surface area contributed by atoms with E-state index in [4.69, 9.17) is 27.9 Å². The molecule has 0 saturated carbocycles. The number of Topliss-reactive ketones (excluding diaryl/α,β-unsaturated/α-hetero) is 1. The van der Waals surface area contributed by atoms with Crippen LogP contribution in [0.5, 0.6) is 5.75 Å². The van der Waals surface area contributed by atoms with E-state index in [0.717, 1.165) is 0 Å². The van der Waals surface area contributed by atoms with Crippen molar-refractivity contribution in [3.8, 4) is 5.75 Å². The van der Waals surface area contributed by atoms with Crippen molar-refractivity contribution in [2.75, 3.05) is 7.11 Å². The first-order chi connectivity index (χ1) is 9.11. The van der Waals surface area contributed by atoms with E-state index >= 15 is 0 Å². The number of ketones is 1. The quantitative estimate of drug-likeness (QED) is 0.805. The van der Waals surface area contributed by atoms with Crippen LogP contribution in [-0.2, 0) is 6.42 Å². The molecule has 0 aliphatic heterocycles. The Kier molecular flexibility index (Phi) is 4.40. The summed E-state index contributed by atoms with van der Waals surface area (Å²) < 4.78 is 5.20. The van der Waals surface area contributed by atoms with Crippen LogP contribution < -0.4 is 4.74 Å². The summed E-state index contributed by atoms with van der Waals surface area (Å²) in [5.41, 5.74) is 0.966. The van der Waals surface area contributed by atoms with Gasteiger partial charge in [0.2, 0.25) is 0 Å². The summed E-state index contributed by atoms with van der Waals surface area (Å²) in [5, 5.41) is 0.893. The fourth-order valence-corrected chi connectivity index (χ4v) is 2.15. The molecule has 98 valence electrons. The number of ether oxygens (including phenoxy) is 1. The molecule has 0 aliphatic carbocycles. The Bertz CT molecular complexity index is 614. The van der Waals surface area contributed by atoms with Crippen LogP contribution in [0.4, 0.5) is 0 Å². The molecule has 0 amide bonds. The van der Waals surface area contributed by atoms with Crippen molar-refractivity contribution in [1.82, 2.24) is 4.98 Å². The highest BCUT2D eigenvalue weighted by Crippen LogP contribution is 2.24. The van der Waals surface area contributed by atoms with Crippen LogP contribution in [0.3, 0.4) is 0 Å². The third kappa shape index (κ3) is 3.25. The second kappa shape index (κ2) is 6.04. The molecule has 1 aromatic heterocycles. The van der Waals surface area contributed by atoms with E-state index in [9.17, 15) is 4.79 Å². The molecule has 0 spiro atoms. The highest BCUT2D eigenvalue weighted by atomic mass is 35.5. The lowest BCUT2D eigenvalue weighted by molar-refractivity contribution is 0.0987. The number of halogens is 2. The number of nitrogens with zero attached hydrogens (tertiary/aromatic N) is 1. The summed E-state index contributed by atoms with van der Waals surface area (Å²) in [6.45, 7) is 0. The Hall–Kier alpha value is -1.58. The maximum atomic E-state index is 12.2. The van der Waals surface area contributed by atoms with Crippen molar-refractivity contribution >= 4 is 29.0 Å². The van der Waals surface area contributed by atoms with Gasteiger partial charge in [-0.3, -0.25) is 9.78 Å². The van der Waals surface area contributed by atoms with E-state index in [1.54, 1.807) is 37.4 Å². The Morgan fingerprint density at radius 3 is 2.79 bits per heavy atom. The summed E-state index contributed by atoms with van der Waals surface area (Å²) in [5.74, 6) is 0.441. The number of hydrogen-bond acceptors (Lipinski definition) is 3. The van der Waals surface area contributed by atoms with E-state index in [0.29, 0.717) is 21.4 Å². The second-order valence-electron chi connectivity index (χ2n) is 3.89. The number of benzene rings is 1. The van der Waals surface area contributed by atoms with Gasteiger partial charge in [0.15, 0.2) is 5.78 Å². The molecule has 0 atom stereocenters. The fraction of sp³-hybridized carbons (Fsp3) is 0.143. The van der Waals surface area contributed by atoms with Crippen LogP contribution >= 0.6 is 23.2 Å². The average molecular weight is 296 g/mol. The molecule has 0 N–H and O–H groups in total. The number of carbonyl (C=O) groups is 1. The first-order valence-corrected chi connectivity index (χ1v) is 6.33. The normalized spacial score (nSPS) is 10.3. The van der Waals surface area contributed by atoms with Crippen molar-refractivity contribution in [3.05, 3.63) is 57.8 Å². The lowest BCUT2D eigenvalue weighted by atomic mass is 10.1. The van der Waals surface area contributed by atoms with Crippen LogP contribution in [0.1, 0.15) is 16.1 Å². The molecule has 0 radical (unpaired) electrons. The Morgan fingerprint density at radius 2 is 2.11 bits per heavy atom. The van der Waals surface area contributed by atoms with E-state index in [2.05, 4.69) is 4.98 Å². The number of methoxy groups -OCH3 is 1. The summed E-state index contributed by atoms with van der Waals surface area (Å²) >= 11 is 11.9. The van der Waals surface area contributed by atoms with Gasteiger partial charge in [0.1, 0.15) is 11.4 Å². The highest BCUT2D eigenvalue weighted by molar-refractivity contribution is 6.33. The largest absolute Gasteiger partial charge is 0.496 e. The maximum absolute atomic E-state index is 12.2. The minimum absolute atomic E-state index is 0.139. The molecule has 1 aromatic carbocycles. The number of rotatable bonds is 4. The Labute approximate surface area is 121 Å². The van der Waals surface area contributed by atoms with E-state index in [1.807, 2.05) is 0 Å². The monoisotopic (exact) mass is 295 g/mol. The Balaban J connectivity index is 2.29. The number of hydrogen-bond donors (Lipinski definition) is 0. The molecule has 0 fully saturated rings. The third-order valence-electron chi connectivity index (χ3n) is 2.62. The summed E-state index contributed by atoms with van der Waals surface area (Å²) in [4.78, 5) is 16.2. The van der Waals surface area contributed by atoms with Crippen LogP contribution in [0.15, 0.2) is 36.5 Å². The van der Waals surface area contributed by atoms with Gasteiger partial charge in [0.25, 0.3) is 0 Å². The predicted octanol–water partition coefficient (Wildman–Crippen LogP) is 3.82. The second-order valence-corrected chi connectivity index (χ2v) is 4.73. The fourth-order valence-electron chi connectivity index (χ4n) is 1.73. The zero-order chi connectivity index (χ0) is 13.8. The molecule has 0 saturated heterocycles. The molecule has 5 heteroatoms. The van der Waals surface area contributed by atoms with Crippen LogP contribution in [0.2, 0.25) is 10.0 Å². The standard InChI is InChI=1S/C14H11Cl2NO2/c1-19-13-5-4-10(15)7-9(13)8-12(18)14-11(16)3-2-6-17-14/h2-7H,8H2,1H3. The van der Waals surface area contributed by atoms with Gasteiger partial charge >= 0.3 is 0 Å². The number of pyridine rings is 1. The third-order valence-corrected chi connectivity index (χ3v) is 3.16. The zero-order valence-electron chi connectivity index (χ0n) is 10.2. The molecule has 2 rings (SSSR count). The summed E-state index contributed by atoms with van der Waals surface area (Å²) in [7, 11) is 1.55. The van der Waals surface area contributed by atoms with Gasteiger partial charge in [-0.2, -0.15) is 0 Å². The smallest absolute Gasteiger partial charge is 0.187 e. The number of aromatic nitrogens is 1. The van der Waals surface area contributed by atoms with Crippen molar-refractivity contribution in [2.45, 2.75) is 6.42 Å². The summed E-state index contributed by atoms with van der Waals surface area (Å²) in [6, 6.07) is 8.46. The SMILES string of the molecule is COc1ccc(Cl)cc1CC(=O)c1ncccc1Cl. The minimum Gasteiger partial charge on any atom is -0.496 e. The molecule has 2 aromatic rings. The first kappa shape index (κ1) is 13.8. The van der Waals surface area contributed by atoms with E-state index < -0.39 is 0 Å². The van der Waals surface area contributed by atoms with Gasteiger partial charge < -0.3 is 4.74 Å². The molecule has 0 unspecified atom stereocenters.